The molecule has 1 fully saturated rings. The van der Waals surface area contributed by atoms with Crippen LogP contribution in [-0.4, -0.2) is 30.8 Å². The first kappa shape index (κ1) is 9.74. The number of anilines is 2. The van der Waals surface area contributed by atoms with Gasteiger partial charge in [-0.2, -0.15) is 5.26 Å². The van der Waals surface area contributed by atoms with E-state index in [1.165, 1.54) is 0 Å². The van der Waals surface area contributed by atoms with Crippen LogP contribution in [0.4, 0.5) is 11.5 Å². The number of hydrogen-bond acceptors (Lipinski definition) is 5. The predicted octanol–water partition coefficient (Wildman–Crippen LogP) is 0.393. The van der Waals surface area contributed by atoms with Crippen LogP contribution >= 0.6 is 0 Å². The summed E-state index contributed by atoms with van der Waals surface area (Å²) in [4.78, 5) is 6.19. The van der Waals surface area contributed by atoms with Crippen LogP contribution in [0.3, 0.4) is 0 Å². The van der Waals surface area contributed by atoms with Crippen LogP contribution in [0.25, 0.3) is 0 Å². The molecule has 0 saturated carbocycles. The Bertz CT molecular complexity index is 387. The van der Waals surface area contributed by atoms with E-state index in [9.17, 15) is 0 Å². The molecule has 2 N–H and O–H groups in total. The summed E-state index contributed by atoms with van der Waals surface area (Å²) in [6.07, 6.45) is 1.31. The Morgan fingerprint density at radius 1 is 1.67 bits per heavy atom. The van der Waals surface area contributed by atoms with Gasteiger partial charge in [-0.25, -0.2) is 4.98 Å². The average Bonchev–Trinajstić information content (AvgIpc) is 2.30. The van der Waals surface area contributed by atoms with Gasteiger partial charge < -0.3 is 15.4 Å². The van der Waals surface area contributed by atoms with Crippen LogP contribution in [0.15, 0.2) is 18.3 Å². The quantitative estimate of drug-likeness (QED) is 0.716. The molecule has 1 aliphatic rings. The van der Waals surface area contributed by atoms with Gasteiger partial charge >= 0.3 is 0 Å². The third-order valence-electron chi connectivity index (χ3n) is 2.33. The fraction of sp³-hybridized carbons (Fsp3) is 0.400. The van der Waals surface area contributed by atoms with Crippen molar-refractivity contribution in [3.63, 3.8) is 0 Å². The van der Waals surface area contributed by atoms with Crippen LogP contribution in [0, 0.1) is 11.3 Å². The van der Waals surface area contributed by atoms with Gasteiger partial charge in [0, 0.05) is 12.7 Å². The SMILES string of the molecule is N#CC1CN(c2ncccc2N)CCO1. The minimum Gasteiger partial charge on any atom is -0.396 e. The van der Waals surface area contributed by atoms with Gasteiger partial charge in [0.05, 0.1) is 24.9 Å². The topological polar surface area (TPSA) is 75.2 Å². The highest BCUT2D eigenvalue weighted by Gasteiger charge is 2.21. The molecule has 5 nitrogen and oxygen atoms in total. The van der Waals surface area contributed by atoms with Gasteiger partial charge in [-0.3, -0.25) is 0 Å². The van der Waals surface area contributed by atoms with E-state index in [1.54, 1.807) is 18.3 Å². The maximum Gasteiger partial charge on any atom is 0.161 e. The number of nitrogens with two attached hydrogens (primary N) is 1. The van der Waals surface area contributed by atoms with Gasteiger partial charge in [0.1, 0.15) is 0 Å². The molecule has 1 aromatic rings. The van der Waals surface area contributed by atoms with Crippen molar-refractivity contribution in [3.8, 4) is 6.07 Å². The number of nitrogen functional groups attached to an aromatic ring is 1. The molecule has 0 amide bonds. The number of pyridine rings is 1. The van der Waals surface area contributed by atoms with Crippen molar-refractivity contribution in [1.82, 2.24) is 4.98 Å². The van der Waals surface area contributed by atoms with Crippen molar-refractivity contribution in [2.45, 2.75) is 6.10 Å². The highest BCUT2D eigenvalue weighted by Crippen LogP contribution is 2.21. The molecule has 5 heteroatoms. The lowest BCUT2D eigenvalue weighted by Crippen LogP contribution is -2.42. The summed E-state index contributed by atoms with van der Waals surface area (Å²) in [5.74, 6) is 0.737. The molecule has 1 unspecified atom stereocenters. The molecule has 1 aliphatic heterocycles. The molecule has 2 heterocycles. The summed E-state index contributed by atoms with van der Waals surface area (Å²) in [5.41, 5.74) is 6.45. The fourth-order valence-electron chi connectivity index (χ4n) is 1.59. The zero-order chi connectivity index (χ0) is 10.7. The standard InChI is InChI=1S/C10H12N4O/c11-6-8-7-14(4-5-15-8)10-9(12)2-1-3-13-10/h1-3,8H,4-5,7,12H2. The first-order valence-corrected chi connectivity index (χ1v) is 4.78. The van der Waals surface area contributed by atoms with Crippen LogP contribution in [0.1, 0.15) is 0 Å². The second-order valence-corrected chi connectivity index (χ2v) is 3.35. The smallest absolute Gasteiger partial charge is 0.161 e. The van der Waals surface area contributed by atoms with E-state index in [4.69, 9.17) is 15.7 Å². The lowest BCUT2D eigenvalue weighted by molar-refractivity contribution is 0.0762. The Kier molecular flexibility index (Phi) is 2.70. The summed E-state index contributed by atoms with van der Waals surface area (Å²) in [7, 11) is 0. The van der Waals surface area contributed by atoms with E-state index in [1.807, 2.05) is 4.90 Å². The van der Waals surface area contributed by atoms with Crippen LogP contribution in [0.2, 0.25) is 0 Å². The minimum atomic E-state index is -0.389. The second-order valence-electron chi connectivity index (χ2n) is 3.35. The van der Waals surface area contributed by atoms with Crippen LogP contribution in [-0.2, 0) is 4.74 Å². The van der Waals surface area contributed by atoms with Crippen molar-refractivity contribution in [2.24, 2.45) is 0 Å². The van der Waals surface area contributed by atoms with Gasteiger partial charge in [-0.05, 0) is 12.1 Å². The fourth-order valence-corrected chi connectivity index (χ4v) is 1.59. The first-order valence-electron chi connectivity index (χ1n) is 4.78. The Morgan fingerprint density at radius 2 is 2.53 bits per heavy atom. The average molecular weight is 204 g/mol. The van der Waals surface area contributed by atoms with Crippen molar-refractivity contribution in [1.29, 1.82) is 5.26 Å². The third-order valence-corrected chi connectivity index (χ3v) is 2.33. The van der Waals surface area contributed by atoms with Crippen molar-refractivity contribution in [3.05, 3.63) is 18.3 Å². The molecule has 15 heavy (non-hydrogen) atoms. The van der Waals surface area contributed by atoms with E-state index < -0.39 is 0 Å². The molecule has 0 aliphatic carbocycles. The largest absolute Gasteiger partial charge is 0.396 e. The molecule has 0 aromatic carbocycles. The maximum atomic E-state index is 8.77. The molecule has 0 radical (unpaired) electrons. The van der Waals surface area contributed by atoms with Crippen molar-refractivity contribution < 1.29 is 4.74 Å². The molecule has 1 atom stereocenters. The van der Waals surface area contributed by atoms with E-state index in [2.05, 4.69) is 11.1 Å². The summed E-state index contributed by atoms with van der Waals surface area (Å²) in [5, 5.41) is 8.77. The molecule has 78 valence electrons. The van der Waals surface area contributed by atoms with E-state index >= 15 is 0 Å². The highest BCUT2D eigenvalue weighted by molar-refractivity contribution is 5.62. The number of nitrogens with zero attached hydrogens (tertiary/aromatic N) is 3. The monoisotopic (exact) mass is 204 g/mol. The third kappa shape index (κ3) is 2.00. The molecule has 1 aromatic heterocycles. The molecule has 0 bridgehead atoms. The summed E-state index contributed by atoms with van der Waals surface area (Å²) in [6.45, 7) is 1.78. The predicted molar refractivity (Wildman–Crippen MR) is 56.2 cm³/mol. The molecule has 1 saturated heterocycles. The first-order chi connectivity index (χ1) is 7.31. The molecular weight excluding hydrogens is 192 g/mol. The Balaban J connectivity index is 2.18. The van der Waals surface area contributed by atoms with E-state index in [0.29, 0.717) is 18.8 Å². The minimum absolute atomic E-state index is 0.389. The normalized spacial score (nSPS) is 21.0. The number of nitriles is 1. The van der Waals surface area contributed by atoms with Gasteiger partial charge in [0.2, 0.25) is 0 Å². The van der Waals surface area contributed by atoms with Gasteiger partial charge in [-0.1, -0.05) is 0 Å². The Hall–Kier alpha value is -1.80. The van der Waals surface area contributed by atoms with Gasteiger partial charge in [0.25, 0.3) is 0 Å². The lowest BCUT2D eigenvalue weighted by Gasteiger charge is -2.31. The Morgan fingerprint density at radius 3 is 3.27 bits per heavy atom. The van der Waals surface area contributed by atoms with Crippen LogP contribution < -0.4 is 10.6 Å². The van der Waals surface area contributed by atoms with E-state index in [-0.39, 0.29) is 6.10 Å². The number of ether oxygens (including phenoxy) is 1. The number of morpholine rings is 1. The Labute approximate surface area is 88.1 Å². The number of aromatic nitrogens is 1. The van der Waals surface area contributed by atoms with Gasteiger partial charge in [-0.15, -0.1) is 0 Å². The van der Waals surface area contributed by atoms with Crippen molar-refractivity contribution >= 4 is 11.5 Å². The van der Waals surface area contributed by atoms with Gasteiger partial charge in [0.15, 0.2) is 11.9 Å². The number of hydrogen-bond donors (Lipinski definition) is 1. The zero-order valence-corrected chi connectivity index (χ0v) is 8.26. The highest BCUT2D eigenvalue weighted by atomic mass is 16.5. The molecule has 2 rings (SSSR count). The van der Waals surface area contributed by atoms with Crippen molar-refractivity contribution in [2.75, 3.05) is 30.3 Å². The summed E-state index contributed by atoms with van der Waals surface area (Å²) < 4.78 is 5.25. The zero-order valence-electron chi connectivity index (χ0n) is 8.26. The summed E-state index contributed by atoms with van der Waals surface area (Å²) >= 11 is 0. The van der Waals surface area contributed by atoms with Crippen LogP contribution in [0.5, 0.6) is 0 Å². The number of rotatable bonds is 1. The van der Waals surface area contributed by atoms with E-state index in [0.717, 1.165) is 12.4 Å². The lowest BCUT2D eigenvalue weighted by atomic mass is 10.2. The second kappa shape index (κ2) is 4.15. The summed E-state index contributed by atoms with van der Waals surface area (Å²) in [6, 6.07) is 5.69. The maximum absolute atomic E-state index is 8.77. The molecule has 0 spiro atoms. The molecular formula is C10H12N4O.